The van der Waals surface area contributed by atoms with Gasteiger partial charge in [0.2, 0.25) is 17.7 Å². The Morgan fingerprint density at radius 1 is 0.935 bits per heavy atom. The summed E-state index contributed by atoms with van der Waals surface area (Å²) in [6.07, 6.45) is 1.57. The molecule has 9 N–H and O–H groups in total. The molecule has 0 aliphatic heterocycles. The van der Waals surface area contributed by atoms with Crippen molar-refractivity contribution >= 4 is 23.7 Å². The van der Waals surface area contributed by atoms with Crippen LogP contribution in [0.5, 0.6) is 5.75 Å². The minimum absolute atomic E-state index is 0.0396. The van der Waals surface area contributed by atoms with Crippen molar-refractivity contribution in [3.63, 3.8) is 0 Å². The molecule has 1 aromatic rings. The lowest BCUT2D eigenvalue weighted by atomic mass is 10.0. The number of nitrogens with one attached hydrogen (secondary N) is 3. The van der Waals surface area contributed by atoms with Gasteiger partial charge in [-0.3, -0.25) is 19.2 Å². The molecule has 3 atom stereocenters. The summed E-state index contributed by atoms with van der Waals surface area (Å²) in [5.41, 5.74) is 11.4. The minimum atomic E-state index is -1.22. The van der Waals surface area contributed by atoms with Crippen molar-refractivity contribution in [2.24, 2.45) is 11.5 Å². The molecule has 0 spiro atoms. The van der Waals surface area contributed by atoms with Crippen LogP contribution in [-0.4, -0.2) is 65.1 Å². The number of nitrogens with two attached hydrogens (primary N) is 2. The van der Waals surface area contributed by atoms with Gasteiger partial charge in [0.25, 0.3) is 0 Å². The average Bonchev–Trinajstić information content (AvgIpc) is 2.73. The number of carboxylic acid groups (broad SMARTS) is 1. The van der Waals surface area contributed by atoms with Crippen LogP contribution in [0.15, 0.2) is 24.3 Å². The second-order valence-electron chi connectivity index (χ2n) is 7.11. The molecule has 0 aromatic heterocycles. The van der Waals surface area contributed by atoms with Crippen molar-refractivity contribution in [1.82, 2.24) is 16.0 Å². The fourth-order valence-corrected chi connectivity index (χ4v) is 2.74. The van der Waals surface area contributed by atoms with Crippen molar-refractivity contribution in [3.05, 3.63) is 29.8 Å². The van der Waals surface area contributed by atoms with E-state index in [0.717, 1.165) is 0 Å². The fraction of sp³-hybridized carbons (Fsp3) is 0.500. The van der Waals surface area contributed by atoms with Gasteiger partial charge >= 0.3 is 5.97 Å². The monoisotopic (exact) mass is 437 g/mol. The molecule has 172 valence electrons. The molecule has 3 amide bonds. The van der Waals surface area contributed by atoms with Crippen molar-refractivity contribution in [1.29, 1.82) is 0 Å². The quantitative estimate of drug-likeness (QED) is 0.182. The Balaban J connectivity index is 3.00. The van der Waals surface area contributed by atoms with Gasteiger partial charge in [-0.05, 0) is 50.4 Å². The van der Waals surface area contributed by atoms with Crippen LogP contribution in [-0.2, 0) is 25.6 Å². The summed E-state index contributed by atoms with van der Waals surface area (Å²) in [6.45, 7) is 1.43. The predicted molar refractivity (Wildman–Crippen MR) is 113 cm³/mol. The van der Waals surface area contributed by atoms with E-state index in [1.807, 2.05) is 0 Å². The largest absolute Gasteiger partial charge is 0.508 e. The molecule has 3 unspecified atom stereocenters. The van der Waals surface area contributed by atoms with E-state index in [0.29, 0.717) is 31.4 Å². The third-order valence-electron chi connectivity index (χ3n) is 4.52. The predicted octanol–water partition coefficient (Wildman–Crippen LogP) is -1.42. The van der Waals surface area contributed by atoms with E-state index >= 15 is 0 Å². The average molecular weight is 437 g/mol. The number of phenolic OH excluding ortho intramolecular Hbond substituents is 1. The van der Waals surface area contributed by atoms with E-state index in [1.54, 1.807) is 12.1 Å². The molecular formula is C20H31N5O6. The number of hydrogen-bond acceptors (Lipinski definition) is 7. The number of carbonyl (C=O) groups excluding carboxylic acids is 3. The smallest absolute Gasteiger partial charge is 0.325 e. The lowest BCUT2D eigenvalue weighted by Gasteiger charge is -2.24. The number of aromatic hydroxyl groups is 1. The van der Waals surface area contributed by atoms with E-state index in [1.165, 1.54) is 19.1 Å². The summed E-state index contributed by atoms with van der Waals surface area (Å²) in [5.74, 6) is -2.99. The number of amides is 3. The van der Waals surface area contributed by atoms with Crippen molar-refractivity contribution in [2.75, 3.05) is 13.1 Å². The maximum Gasteiger partial charge on any atom is 0.325 e. The first kappa shape index (κ1) is 25.9. The van der Waals surface area contributed by atoms with Gasteiger partial charge in [0, 0.05) is 6.42 Å². The van der Waals surface area contributed by atoms with E-state index in [9.17, 15) is 24.3 Å². The summed E-state index contributed by atoms with van der Waals surface area (Å²) >= 11 is 0. The Bertz CT molecular complexity index is 755. The van der Waals surface area contributed by atoms with Crippen molar-refractivity contribution in [2.45, 2.75) is 50.7 Å². The third kappa shape index (κ3) is 9.45. The molecular weight excluding hydrogens is 406 g/mol. The minimum Gasteiger partial charge on any atom is -0.508 e. The molecule has 0 bridgehead atoms. The molecule has 0 aliphatic rings. The lowest BCUT2D eigenvalue weighted by molar-refractivity contribution is -0.141. The van der Waals surface area contributed by atoms with Crippen LogP contribution in [0.2, 0.25) is 0 Å². The van der Waals surface area contributed by atoms with E-state index in [4.69, 9.17) is 16.6 Å². The number of benzene rings is 1. The molecule has 0 saturated heterocycles. The topological polar surface area (TPSA) is 197 Å². The molecule has 0 radical (unpaired) electrons. The normalized spacial score (nSPS) is 13.5. The summed E-state index contributed by atoms with van der Waals surface area (Å²) < 4.78 is 0. The first-order chi connectivity index (χ1) is 14.7. The summed E-state index contributed by atoms with van der Waals surface area (Å²) in [6, 6.07) is 2.84. The van der Waals surface area contributed by atoms with E-state index < -0.39 is 41.8 Å². The molecule has 0 fully saturated rings. The van der Waals surface area contributed by atoms with Gasteiger partial charge in [0.05, 0.1) is 6.54 Å². The molecule has 0 aliphatic carbocycles. The first-order valence-electron chi connectivity index (χ1n) is 9.98. The molecule has 31 heavy (non-hydrogen) atoms. The van der Waals surface area contributed by atoms with Crippen LogP contribution < -0.4 is 27.4 Å². The first-order valence-corrected chi connectivity index (χ1v) is 9.98. The van der Waals surface area contributed by atoms with Gasteiger partial charge < -0.3 is 37.6 Å². The van der Waals surface area contributed by atoms with Gasteiger partial charge in [-0.15, -0.1) is 0 Å². The molecule has 0 saturated carbocycles. The van der Waals surface area contributed by atoms with Gasteiger partial charge in [-0.1, -0.05) is 12.1 Å². The Kier molecular flexibility index (Phi) is 11.0. The van der Waals surface area contributed by atoms with Crippen LogP contribution in [0.1, 0.15) is 31.7 Å². The summed E-state index contributed by atoms with van der Waals surface area (Å²) in [7, 11) is 0. The number of carbonyl (C=O) groups is 4. The van der Waals surface area contributed by atoms with Crippen molar-refractivity contribution < 1.29 is 29.4 Å². The Hall–Kier alpha value is -3.18. The zero-order valence-corrected chi connectivity index (χ0v) is 17.5. The van der Waals surface area contributed by atoms with Crippen LogP contribution >= 0.6 is 0 Å². The SMILES string of the molecule is CC(NC(=O)C(Cc1ccc(O)cc1)NC(=O)C(CCCCN)NC(=O)CN)C(=O)O. The zero-order valence-electron chi connectivity index (χ0n) is 17.5. The maximum atomic E-state index is 12.8. The van der Waals surface area contributed by atoms with Crippen LogP contribution in [0.25, 0.3) is 0 Å². The second-order valence-corrected chi connectivity index (χ2v) is 7.11. The zero-order chi connectivity index (χ0) is 23.4. The Morgan fingerprint density at radius 2 is 1.55 bits per heavy atom. The summed E-state index contributed by atoms with van der Waals surface area (Å²) in [4.78, 5) is 48.3. The highest BCUT2D eigenvalue weighted by molar-refractivity contribution is 5.93. The Morgan fingerprint density at radius 3 is 2.10 bits per heavy atom. The van der Waals surface area contributed by atoms with Crippen molar-refractivity contribution in [3.8, 4) is 5.75 Å². The van der Waals surface area contributed by atoms with E-state index in [-0.39, 0.29) is 18.7 Å². The fourth-order valence-electron chi connectivity index (χ4n) is 2.74. The van der Waals surface area contributed by atoms with Gasteiger partial charge in [0.1, 0.15) is 23.9 Å². The number of rotatable bonds is 13. The Labute approximate surface area is 180 Å². The van der Waals surface area contributed by atoms with Gasteiger partial charge in [0.15, 0.2) is 0 Å². The van der Waals surface area contributed by atoms with E-state index in [2.05, 4.69) is 16.0 Å². The second kappa shape index (κ2) is 13.2. The highest BCUT2D eigenvalue weighted by atomic mass is 16.4. The molecule has 1 rings (SSSR count). The van der Waals surface area contributed by atoms with Gasteiger partial charge in [-0.25, -0.2) is 0 Å². The number of phenols is 1. The number of aliphatic carboxylic acids is 1. The third-order valence-corrected chi connectivity index (χ3v) is 4.52. The number of unbranched alkanes of at least 4 members (excludes halogenated alkanes) is 1. The molecule has 1 aromatic carbocycles. The molecule has 0 heterocycles. The van der Waals surface area contributed by atoms with Gasteiger partial charge in [-0.2, -0.15) is 0 Å². The van der Waals surface area contributed by atoms with Crippen LogP contribution in [0, 0.1) is 0 Å². The van der Waals surface area contributed by atoms with Crippen LogP contribution in [0.4, 0.5) is 0 Å². The number of carboxylic acids is 1. The molecule has 11 heteroatoms. The lowest BCUT2D eigenvalue weighted by Crippen LogP contribution is -2.56. The van der Waals surface area contributed by atoms with Crippen LogP contribution in [0.3, 0.4) is 0 Å². The number of hydrogen-bond donors (Lipinski definition) is 7. The maximum absolute atomic E-state index is 12.8. The summed E-state index contributed by atoms with van der Waals surface area (Å²) in [5, 5.41) is 25.9. The standard InChI is InChI=1S/C20H31N5O6/c1-12(20(30)31)23-19(29)16(10-13-5-7-14(26)8-6-13)25-18(28)15(4-2-3-9-21)24-17(27)11-22/h5-8,12,15-16,26H,2-4,9-11,21-22H2,1H3,(H,23,29)(H,24,27)(H,25,28)(H,30,31). The molecule has 11 nitrogen and oxygen atoms in total. The highest BCUT2D eigenvalue weighted by Gasteiger charge is 2.28. The highest BCUT2D eigenvalue weighted by Crippen LogP contribution is 2.12.